The highest BCUT2D eigenvalue weighted by Gasteiger charge is 2.18. The molecule has 0 aliphatic rings. The molecule has 0 N–H and O–H groups in total. The van der Waals surface area contributed by atoms with Crippen LogP contribution in [0.5, 0.6) is 0 Å². The molecule has 0 aliphatic heterocycles. The second-order valence-electron chi connectivity index (χ2n) is 3.38. The number of hydrogen-bond acceptors (Lipinski definition) is 6. The Morgan fingerprint density at radius 3 is 2.88 bits per heavy atom. The molecule has 0 atom stereocenters. The van der Waals surface area contributed by atoms with Gasteiger partial charge in [0.25, 0.3) is 0 Å². The molecule has 0 aromatic carbocycles. The molecule has 0 unspecified atom stereocenters. The van der Waals surface area contributed by atoms with Crippen molar-refractivity contribution in [3.63, 3.8) is 0 Å². The van der Waals surface area contributed by atoms with Gasteiger partial charge in [-0.2, -0.15) is 5.26 Å². The van der Waals surface area contributed by atoms with Gasteiger partial charge in [-0.25, -0.2) is 9.78 Å². The van der Waals surface area contributed by atoms with E-state index in [1.165, 1.54) is 18.4 Å². The van der Waals surface area contributed by atoms with Gasteiger partial charge in [-0.1, -0.05) is 0 Å². The van der Waals surface area contributed by atoms with E-state index in [9.17, 15) is 4.79 Å². The number of carbonyl (C=O) groups excluding carboxylic acids is 1. The number of anilines is 1. The number of ether oxygens (including phenoxy) is 1. The van der Waals surface area contributed by atoms with E-state index < -0.39 is 5.97 Å². The first-order valence-corrected chi connectivity index (χ1v) is 6.13. The quantitative estimate of drug-likeness (QED) is 0.751. The molecule has 1 aromatic heterocycles. The van der Waals surface area contributed by atoms with Crippen LogP contribution in [-0.2, 0) is 4.74 Å². The Morgan fingerprint density at radius 2 is 2.35 bits per heavy atom. The normalized spacial score (nSPS) is 9.76. The maximum Gasteiger partial charge on any atom is 0.357 e. The van der Waals surface area contributed by atoms with Gasteiger partial charge in [0.15, 0.2) is 10.8 Å². The van der Waals surface area contributed by atoms with E-state index in [4.69, 9.17) is 5.26 Å². The van der Waals surface area contributed by atoms with Gasteiger partial charge in [-0.05, 0) is 13.8 Å². The summed E-state index contributed by atoms with van der Waals surface area (Å²) in [7, 11) is 1.34. The van der Waals surface area contributed by atoms with Crippen molar-refractivity contribution in [2.24, 2.45) is 0 Å². The Kier molecular flexibility index (Phi) is 4.91. The molecule has 0 radical (unpaired) electrons. The molecular weight excluding hydrogens is 238 g/mol. The lowest BCUT2D eigenvalue weighted by Gasteiger charge is -2.17. The lowest BCUT2D eigenvalue weighted by Crippen LogP contribution is -2.23. The van der Waals surface area contributed by atoms with Crippen molar-refractivity contribution in [2.45, 2.75) is 20.3 Å². The number of thiazole rings is 1. The average molecular weight is 253 g/mol. The number of carbonyl (C=O) groups is 1. The maximum absolute atomic E-state index is 11.4. The monoisotopic (exact) mass is 253 g/mol. The lowest BCUT2D eigenvalue weighted by molar-refractivity contribution is 0.0594. The van der Waals surface area contributed by atoms with Crippen LogP contribution in [0, 0.1) is 18.3 Å². The molecule has 0 saturated heterocycles. The molecule has 1 heterocycles. The molecule has 0 aliphatic carbocycles. The smallest absolute Gasteiger partial charge is 0.357 e. The highest BCUT2D eigenvalue weighted by Crippen LogP contribution is 2.26. The van der Waals surface area contributed by atoms with E-state index in [-0.39, 0.29) is 0 Å². The number of methoxy groups -OCH3 is 1. The topological polar surface area (TPSA) is 66.2 Å². The summed E-state index contributed by atoms with van der Waals surface area (Å²) < 4.78 is 4.66. The maximum atomic E-state index is 11.4. The number of hydrogen-bond donors (Lipinski definition) is 0. The van der Waals surface area contributed by atoms with E-state index in [2.05, 4.69) is 15.8 Å². The van der Waals surface area contributed by atoms with Crippen molar-refractivity contribution in [2.75, 3.05) is 25.1 Å². The summed E-state index contributed by atoms with van der Waals surface area (Å²) in [6.07, 6.45) is 0.444. The molecule has 1 rings (SSSR count). The number of aryl methyl sites for hydroxylation is 1. The summed E-state index contributed by atoms with van der Waals surface area (Å²) in [5.41, 5.74) is 0.364. The second kappa shape index (κ2) is 6.21. The highest BCUT2D eigenvalue weighted by atomic mass is 32.1. The summed E-state index contributed by atoms with van der Waals surface area (Å²) in [5.74, 6) is -0.415. The van der Waals surface area contributed by atoms with Crippen LogP contribution in [0.4, 0.5) is 5.13 Å². The second-order valence-corrected chi connectivity index (χ2v) is 4.56. The van der Waals surface area contributed by atoms with Gasteiger partial charge < -0.3 is 9.64 Å². The Hall–Kier alpha value is -1.61. The summed E-state index contributed by atoms with van der Waals surface area (Å²) in [6.45, 7) is 5.22. The van der Waals surface area contributed by atoms with Gasteiger partial charge in [0.1, 0.15) is 0 Å². The molecule has 1 aromatic rings. The van der Waals surface area contributed by atoms with Gasteiger partial charge in [0.05, 0.1) is 19.6 Å². The van der Waals surface area contributed by atoms with E-state index >= 15 is 0 Å². The summed E-state index contributed by atoms with van der Waals surface area (Å²) in [4.78, 5) is 18.5. The van der Waals surface area contributed by atoms with Crippen LogP contribution in [-0.4, -0.2) is 31.2 Å². The molecule has 5 nitrogen and oxygen atoms in total. The fraction of sp³-hybridized carbons (Fsp3) is 0.545. The Labute approximate surface area is 105 Å². The van der Waals surface area contributed by atoms with Gasteiger partial charge in [0, 0.05) is 18.0 Å². The highest BCUT2D eigenvalue weighted by molar-refractivity contribution is 7.15. The predicted octanol–water partition coefficient (Wildman–Crippen LogP) is 1.98. The molecule has 17 heavy (non-hydrogen) atoms. The third kappa shape index (κ3) is 3.17. The molecule has 92 valence electrons. The Balaban J connectivity index is 2.91. The zero-order valence-electron chi connectivity index (χ0n) is 10.2. The lowest BCUT2D eigenvalue weighted by atomic mass is 10.4. The van der Waals surface area contributed by atoms with Crippen LogP contribution >= 0.6 is 11.3 Å². The van der Waals surface area contributed by atoms with Crippen molar-refractivity contribution >= 4 is 22.4 Å². The predicted molar refractivity (Wildman–Crippen MR) is 66.3 cm³/mol. The van der Waals surface area contributed by atoms with E-state index in [0.717, 1.165) is 16.6 Å². The third-order valence-electron chi connectivity index (χ3n) is 2.31. The largest absolute Gasteiger partial charge is 0.464 e. The molecule has 0 fully saturated rings. The van der Waals surface area contributed by atoms with E-state index in [1.54, 1.807) is 0 Å². The SMILES string of the molecule is CCN(CCC#N)c1nc(C(=O)OC)c(C)s1. The van der Waals surface area contributed by atoms with Crippen molar-refractivity contribution in [1.29, 1.82) is 5.26 Å². The van der Waals surface area contributed by atoms with Crippen LogP contribution in [0.2, 0.25) is 0 Å². The van der Waals surface area contributed by atoms with Crippen LogP contribution < -0.4 is 4.90 Å². The number of nitrogens with zero attached hydrogens (tertiary/aromatic N) is 3. The fourth-order valence-electron chi connectivity index (χ4n) is 1.38. The first-order chi connectivity index (χ1) is 8.13. The minimum Gasteiger partial charge on any atom is -0.464 e. The van der Waals surface area contributed by atoms with Crippen molar-refractivity contribution < 1.29 is 9.53 Å². The number of rotatable bonds is 5. The Morgan fingerprint density at radius 1 is 1.65 bits per heavy atom. The van der Waals surface area contributed by atoms with E-state index in [0.29, 0.717) is 18.7 Å². The third-order valence-corrected chi connectivity index (χ3v) is 3.34. The van der Waals surface area contributed by atoms with Crippen LogP contribution in [0.15, 0.2) is 0 Å². The summed E-state index contributed by atoms with van der Waals surface area (Å²) in [5, 5.41) is 9.34. The van der Waals surface area contributed by atoms with Gasteiger partial charge in [-0.15, -0.1) is 11.3 Å². The van der Waals surface area contributed by atoms with Gasteiger partial charge in [-0.3, -0.25) is 0 Å². The zero-order valence-corrected chi connectivity index (χ0v) is 11.0. The molecule has 0 saturated carbocycles. The number of nitriles is 1. The Bertz CT molecular complexity index is 436. The van der Waals surface area contributed by atoms with Crippen molar-refractivity contribution in [3.05, 3.63) is 10.6 Å². The molecule has 0 spiro atoms. The minimum absolute atomic E-state index is 0.364. The van der Waals surface area contributed by atoms with Crippen LogP contribution in [0.3, 0.4) is 0 Å². The first kappa shape index (κ1) is 13.5. The molecule has 0 amide bonds. The molecular formula is C11H15N3O2S. The van der Waals surface area contributed by atoms with Gasteiger partial charge in [0.2, 0.25) is 0 Å². The molecule has 6 heteroatoms. The zero-order chi connectivity index (χ0) is 12.8. The molecule has 0 bridgehead atoms. The summed E-state index contributed by atoms with van der Waals surface area (Å²) >= 11 is 1.45. The van der Waals surface area contributed by atoms with Crippen molar-refractivity contribution in [1.82, 2.24) is 4.98 Å². The van der Waals surface area contributed by atoms with Crippen LogP contribution in [0.1, 0.15) is 28.7 Å². The average Bonchev–Trinajstić information content (AvgIpc) is 2.71. The van der Waals surface area contributed by atoms with E-state index in [1.807, 2.05) is 18.7 Å². The van der Waals surface area contributed by atoms with Gasteiger partial charge >= 0.3 is 5.97 Å². The number of aromatic nitrogens is 1. The van der Waals surface area contributed by atoms with Crippen LogP contribution in [0.25, 0.3) is 0 Å². The standard InChI is InChI=1S/C11H15N3O2S/c1-4-14(7-5-6-12)11-13-9(8(2)17-11)10(15)16-3/h4-5,7H2,1-3H3. The summed E-state index contributed by atoms with van der Waals surface area (Å²) in [6, 6.07) is 2.10. The van der Waals surface area contributed by atoms with Crippen molar-refractivity contribution in [3.8, 4) is 6.07 Å². The number of esters is 1. The first-order valence-electron chi connectivity index (χ1n) is 5.31. The minimum atomic E-state index is -0.415. The fourth-order valence-corrected chi connectivity index (χ4v) is 2.36.